The molecule has 2 rings (SSSR count). The maximum atomic E-state index is 5.04. The number of ether oxygens (including phenoxy) is 1. The van der Waals surface area contributed by atoms with E-state index in [-0.39, 0.29) is 0 Å². The maximum absolute atomic E-state index is 5.04. The molecule has 1 aliphatic rings. The van der Waals surface area contributed by atoms with Gasteiger partial charge in [0.05, 0.1) is 6.61 Å². The molecule has 0 amide bonds. The van der Waals surface area contributed by atoms with Crippen molar-refractivity contribution in [1.29, 1.82) is 0 Å². The molecule has 5 nitrogen and oxygen atoms in total. The molecule has 108 valence electrons. The molecular weight excluding hydrogens is 240 g/mol. The Hall–Kier alpha value is -1.07. The van der Waals surface area contributed by atoms with E-state index >= 15 is 0 Å². The number of hydrogen-bond donors (Lipinski definition) is 1. The van der Waals surface area contributed by atoms with Crippen molar-refractivity contribution < 1.29 is 4.74 Å². The summed E-state index contributed by atoms with van der Waals surface area (Å²) >= 11 is 0. The second-order valence-electron chi connectivity index (χ2n) is 5.44. The van der Waals surface area contributed by atoms with Crippen LogP contribution in [0.4, 0.5) is 5.95 Å². The van der Waals surface area contributed by atoms with Crippen molar-refractivity contribution in [2.75, 3.05) is 45.2 Å². The Kier molecular flexibility index (Phi) is 5.66. The Bertz CT molecular complexity index is 360. The minimum atomic E-state index is 0.648. The Labute approximate surface area is 116 Å². The van der Waals surface area contributed by atoms with Gasteiger partial charge in [-0.25, -0.2) is 4.98 Å². The molecule has 1 unspecified atom stereocenters. The fraction of sp³-hybridized carbons (Fsp3) is 0.786. The molecule has 0 spiro atoms. The van der Waals surface area contributed by atoms with Crippen molar-refractivity contribution in [2.45, 2.75) is 26.3 Å². The summed E-state index contributed by atoms with van der Waals surface area (Å²) in [5.74, 6) is 1.60. The molecule has 19 heavy (non-hydrogen) atoms. The normalized spacial score (nSPS) is 17.8. The van der Waals surface area contributed by atoms with Crippen molar-refractivity contribution in [1.82, 2.24) is 14.5 Å². The van der Waals surface area contributed by atoms with E-state index in [1.165, 1.54) is 32.5 Å². The quantitative estimate of drug-likeness (QED) is 0.727. The summed E-state index contributed by atoms with van der Waals surface area (Å²) in [5.41, 5.74) is 0. The average Bonchev–Trinajstić information content (AvgIpc) is 3.02. The highest BCUT2D eigenvalue weighted by Gasteiger charge is 2.15. The number of likely N-dealkylation sites (tertiary alicyclic amines) is 1. The van der Waals surface area contributed by atoms with Gasteiger partial charge in [0.15, 0.2) is 0 Å². The third-order valence-corrected chi connectivity index (χ3v) is 3.58. The van der Waals surface area contributed by atoms with Gasteiger partial charge in [-0.1, -0.05) is 6.92 Å². The average molecular weight is 266 g/mol. The van der Waals surface area contributed by atoms with Crippen molar-refractivity contribution in [3.8, 4) is 0 Å². The first kappa shape index (κ1) is 14.3. The van der Waals surface area contributed by atoms with Gasteiger partial charge < -0.3 is 19.5 Å². The zero-order valence-corrected chi connectivity index (χ0v) is 12.1. The van der Waals surface area contributed by atoms with Gasteiger partial charge in [0.25, 0.3) is 0 Å². The van der Waals surface area contributed by atoms with E-state index in [9.17, 15) is 0 Å². The van der Waals surface area contributed by atoms with Crippen LogP contribution >= 0.6 is 0 Å². The van der Waals surface area contributed by atoms with Gasteiger partial charge in [-0.3, -0.25) is 0 Å². The third kappa shape index (κ3) is 4.51. The second kappa shape index (κ2) is 7.50. The summed E-state index contributed by atoms with van der Waals surface area (Å²) in [5, 5.41) is 3.31. The van der Waals surface area contributed by atoms with E-state index in [0.717, 1.165) is 19.0 Å². The van der Waals surface area contributed by atoms with Crippen LogP contribution in [0.3, 0.4) is 0 Å². The van der Waals surface area contributed by atoms with Crippen molar-refractivity contribution >= 4 is 5.95 Å². The molecule has 1 fully saturated rings. The smallest absolute Gasteiger partial charge is 0.202 e. The van der Waals surface area contributed by atoms with Gasteiger partial charge in [-0.2, -0.15) is 0 Å². The first-order valence-electron chi connectivity index (χ1n) is 7.26. The minimum Gasteiger partial charge on any atom is -0.383 e. The molecule has 1 aliphatic heterocycles. The van der Waals surface area contributed by atoms with Crippen LogP contribution in [0.1, 0.15) is 19.8 Å². The summed E-state index contributed by atoms with van der Waals surface area (Å²) in [4.78, 5) is 6.92. The third-order valence-electron chi connectivity index (χ3n) is 3.58. The molecule has 1 aromatic rings. The van der Waals surface area contributed by atoms with Crippen LogP contribution in [0.25, 0.3) is 0 Å². The van der Waals surface area contributed by atoms with E-state index in [0.29, 0.717) is 12.5 Å². The maximum Gasteiger partial charge on any atom is 0.202 e. The van der Waals surface area contributed by atoms with E-state index in [4.69, 9.17) is 4.74 Å². The van der Waals surface area contributed by atoms with E-state index < -0.39 is 0 Å². The van der Waals surface area contributed by atoms with Crippen LogP contribution in [-0.4, -0.2) is 54.3 Å². The molecule has 1 saturated heterocycles. The highest BCUT2D eigenvalue weighted by molar-refractivity contribution is 5.25. The highest BCUT2D eigenvalue weighted by atomic mass is 16.5. The molecule has 1 aromatic heterocycles. The number of anilines is 1. The molecule has 1 atom stereocenters. The summed E-state index contributed by atoms with van der Waals surface area (Å²) in [6.45, 7) is 8.57. The van der Waals surface area contributed by atoms with Gasteiger partial charge in [-0.05, 0) is 31.8 Å². The van der Waals surface area contributed by atoms with Crippen LogP contribution in [-0.2, 0) is 11.3 Å². The molecule has 5 heteroatoms. The molecule has 0 aliphatic carbocycles. The SMILES string of the molecule is COCCNc1nccn1CC(C)CN1CCCC1. The molecule has 0 bridgehead atoms. The van der Waals surface area contributed by atoms with Gasteiger partial charge in [0.2, 0.25) is 5.95 Å². The molecule has 0 aromatic carbocycles. The van der Waals surface area contributed by atoms with Crippen molar-refractivity contribution in [2.24, 2.45) is 5.92 Å². The fourth-order valence-corrected chi connectivity index (χ4v) is 2.69. The van der Waals surface area contributed by atoms with Crippen LogP contribution in [0.5, 0.6) is 0 Å². The summed E-state index contributed by atoms with van der Waals surface area (Å²) in [7, 11) is 1.71. The van der Waals surface area contributed by atoms with Gasteiger partial charge in [0.1, 0.15) is 0 Å². The molecular formula is C14H26N4O. The predicted octanol–water partition coefficient (Wildman–Crippen LogP) is 1.67. The zero-order valence-electron chi connectivity index (χ0n) is 12.1. The van der Waals surface area contributed by atoms with Crippen LogP contribution < -0.4 is 5.32 Å². The number of nitrogens with one attached hydrogen (secondary N) is 1. The first-order chi connectivity index (χ1) is 9.29. The van der Waals surface area contributed by atoms with E-state index in [1.807, 2.05) is 6.20 Å². The fourth-order valence-electron chi connectivity index (χ4n) is 2.69. The van der Waals surface area contributed by atoms with E-state index in [2.05, 4.69) is 32.9 Å². The first-order valence-corrected chi connectivity index (χ1v) is 7.26. The van der Waals surface area contributed by atoms with Crippen molar-refractivity contribution in [3.05, 3.63) is 12.4 Å². The van der Waals surface area contributed by atoms with Crippen LogP contribution in [0, 0.1) is 5.92 Å². The standard InChI is InChI=1S/C14H26N4O/c1-13(11-17-7-3-4-8-17)12-18-9-5-15-14(18)16-6-10-19-2/h5,9,13H,3-4,6-8,10-12H2,1-2H3,(H,15,16). The zero-order chi connectivity index (χ0) is 13.5. The number of rotatable bonds is 8. The topological polar surface area (TPSA) is 42.3 Å². The Balaban J connectivity index is 1.78. The predicted molar refractivity (Wildman–Crippen MR) is 77.4 cm³/mol. The number of methoxy groups -OCH3 is 1. The monoisotopic (exact) mass is 266 g/mol. The lowest BCUT2D eigenvalue weighted by Gasteiger charge is -2.21. The number of hydrogen-bond acceptors (Lipinski definition) is 4. The summed E-state index contributed by atoms with van der Waals surface area (Å²) in [6, 6.07) is 0. The molecule has 1 N–H and O–H groups in total. The van der Waals surface area contributed by atoms with Gasteiger partial charge in [0, 0.05) is 39.1 Å². The number of nitrogens with zero attached hydrogens (tertiary/aromatic N) is 3. The summed E-state index contributed by atoms with van der Waals surface area (Å²) < 4.78 is 7.25. The summed E-state index contributed by atoms with van der Waals surface area (Å²) in [6.07, 6.45) is 6.64. The van der Waals surface area contributed by atoms with Gasteiger partial charge >= 0.3 is 0 Å². The lowest BCUT2D eigenvalue weighted by atomic mass is 10.1. The van der Waals surface area contributed by atoms with E-state index in [1.54, 1.807) is 7.11 Å². The number of imidazole rings is 1. The van der Waals surface area contributed by atoms with Gasteiger partial charge in [-0.15, -0.1) is 0 Å². The molecule has 0 saturated carbocycles. The molecule has 0 radical (unpaired) electrons. The molecule has 2 heterocycles. The Morgan fingerprint density at radius 1 is 1.37 bits per heavy atom. The highest BCUT2D eigenvalue weighted by Crippen LogP contribution is 2.13. The Morgan fingerprint density at radius 2 is 2.16 bits per heavy atom. The largest absolute Gasteiger partial charge is 0.383 e. The van der Waals surface area contributed by atoms with Crippen LogP contribution in [0.15, 0.2) is 12.4 Å². The Morgan fingerprint density at radius 3 is 2.89 bits per heavy atom. The second-order valence-corrected chi connectivity index (χ2v) is 5.44. The van der Waals surface area contributed by atoms with Crippen molar-refractivity contribution in [3.63, 3.8) is 0 Å². The van der Waals surface area contributed by atoms with Crippen LogP contribution in [0.2, 0.25) is 0 Å². The number of aromatic nitrogens is 2. The minimum absolute atomic E-state index is 0.648. The lowest BCUT2D eigenvalue weighted by molar-refractivity contribution is 0.210. The lowest BCUT2D eigenvalue weighted by Crippen LogP contribution is -2.27.